The monoisotopic (exact) mass is 346 g/mol. The molecule has 0 aliphatic heterocycles. The first-order valence-corrected chi connectivity index (χ1v) is 7.86. The van der Waals surface area contributed by atoms with Gasteiger partial charge in [0.2, 0.25) is 0 Å². The summed E-state index contributed by atoms with van der Waals surface area (Å²) in [7, 11) is 0. The Hall–Kier alpha value is -2.40. The third kappa shape index (κ3) is 4.32. The van der Waals surface area contributed by atoms with Crippen molar-refractivity contribution < 1.29 is 9.59 Å². The Kier molecular flexibility index (Phi) is 5.24. The van der Waals surface area contributed by atoms with E-state index in [9.17, 15) is 14.4 Å². The van der Waals surface area contributed by atoms with Gasteiger partial charge < -0.3 is 5.32 Å². The molecule has 5 nitrogen and oxygen atoms in total. The lowest BCUT2D eigenvalue weighted by Gasteiger charge is -2.25. The lowest BCUT2D eigenvalue weighted by molar-refractivity contribution is -0.124. The SMILES string of the molecule is CC(C)(C)NC(=O)C(C(=O)c1ccc(Cl)cc1)n1ccccc1=O. The normalized spacial score (nSPS) is 12.5. The first kappa shape index (κ1) is 17.9. The fourth-order valence-electron chi connectivity index (χ4n) is 2.23. The average molecular weight is 347 g/mol. The van der Waals surface area contributed by atoms with Crippen molar-refractivity contribution in [1.29, 1.82) is 0 Å². The zero-order valence-corrected chi connectivity index (χ0v) is 14.5. The predicted molar refractivity (Wildman–Crippen MR) is 93.4 cm³/mol. The van der Waals surface area contributed by atoms with Crippen LogP contribution in [-0.4, -0.2) is 21.8 Å². The summed E-state index contributed by atoms with van der Waals surface area (Å²) >= 11 is 5.84. The summed E-state index contributed by atoms with van der Waals surface area (Å²) in [5.74, 6) is -1.00. The molecule has 1 N–H and O–H groups in total. The second-order valence-electron chi connectivity index (χ2n) is 6.46. The van der Waals surface area contributed by atoms with Gasteiger partial charge in [-0.1, -0.05) is 17.7 Å². The van der Waals surface area contributed by atoms with Gasteiger partial charge in [-0.15, -0.1) is 0 Å². The first-order chi connectivity index (χ1) is 11.2. The van der Waals surface area contributed by atoms with E-state index in [4.69, 9.17) is 11.6 Å². The summed E-state index contributed by atoms with van der Waals surface area (Å²) in [4.78, 5) is 37.7. The minimum atomic E-state index is -1.28. The van der Waals surface area contributed by atoms with Crippen LogP contribution in [0.4, 0.5) is 0 Å². The fourth-order valence-corrected chi connectivity index (χ4v) is 2.36. The highest BCUT2D eigenvalue weighted by Crippen LogP contribution is 2.17. The molecular formula is C18H19ClN2O3. The van der Waals surface area contributed by atoms with Crippen LogP contribution in [-0.2, 0) is 4.79 Å². The fraction of sp³-hybridized carbons (Fsp3) is 0.278. The number of hydrogen-bond acceptors (Lipinski definition) is 3. The molecule has 1 aromatic carbocycles. The van der Waals surface area contributed by atoms with Gasteiger partial charge in [0.15, 0.2) is 11.8 Å². The maximum Gasteiger partial charge on any atom is 0.251 e. The van der Waals surface area contributed by atoms with E-state index >= 15 is 0 Å². The molecule has 6 heteroatoms. The maximum atomic E-state index is 12.9. The molecule has 1 aromatic heterocycles. The van der Waals surface area contributed by atoms with Crippen molar-refractivity contribution in [3.63, 3.8) is 0 Å². The van der Waals surface area contributed by atoms with Crippen molar-refractivity contribution in [2.45, 2.75) is 32.4 Å². The minimum absolute atomic E-state index is 0.309. The summed E-state index contributed by atoms with van der Waals surface area (Å²) in [6.45, 7) is 5.42. The standard InChI is InChI=1S/C18H19ClN2O3/c1-18(2,3)20-17(24)15(21-11-5-4-6-14(21)22)16(23)12-7-9-13(19)10-8-12/h4-11,15H,1-3H3,(H,20,24). The van der Waals surface area contributed by atoms with Crippen LogP contribution >= 0.6 is 11.6 Å². The highest BCUT2D eigenvalue weighted by atomic mass is 35.5. The molecular weight excluding hydrogens is 328 g/mol. The quantitative estimate of drug-likeness (QED) is 0.683. The van der Waals surface area contributed by atoms with Gasteiger partial charge in [-0.3, -0.25) is 19.0 Å². The molecule has 0 saturated carbocycles. The number of nitrogens with zero attached hydrogens (tertiary/aromatic N) is 1. The van der Waals surface area contributed by atoms with E-state index in [1.54, 1.807) is 24.3 Å². The van der Waals surface area contributed by atoms with Gasteiger partial charge in [0, 0.05) is 28.4 Å². The smallest absolute Gasteiger partial charge is 0.251 e. The molecule has 0 spiro atoms. The Morgan fingerprint density at radius 3 is 2.25 bits per heavy atom. The number of hydrogen-bond donors (Lipinski definition) is 1. The van der Waals surface area contributed by atoms with Crippen molar-refractivity contribution in [3.8, 4) is 0 Å². The summed E-state index contributed by atoms with van der Waals surface area (Å²) < 4.78 is 1.14. The predicted octanol–water partition coefficient (Wildman–Crippen LogP) is 2.84. The van der Waals surface area contributed by atoms with Crippen LogP contribution in [0.15, 0.2) is 53.5 Å². The molecule has 2 aromatic rings. The van der Waals surface area contributed by atoms with Crippen LogP contribution < -0.4 is 10.9 Å². The van der Waals surface area contributed by atoms with Crippen molar-refractivity contribution in [1.82, 2.24) is 9.88 Å². The number of ketones is 1. The Morgan fingerprint density at radius 1 is 1.08 bits per heavy atom. The van der Waals surface area contributed by atoms with E-state index in [1.807, 2.05) is 20.8 Å². The Bertz CT molecular complexity index is 804. The number of halogens is 1. The zero-order valence-electron chi connectivity index (χ0n) is 13.7. The van der Waals surface area contributed by atoms with E-state index in [1.165, 1.54) is 24.4 Å². The molecule has 1 atom stereocenters. The summed E-state index contributed by atoms with van der Waals surface area (Å²) in [6, 6.07) is 9.42. The van der Waals surface area contributed by atoms with Gasteiger partial charge in [-0.25, -0.2) is 0 Å². The second kappa shape index (κ2) is 7.01. The highest BCUT2D eigenvalue weighted by molar-refractivity contribution is 6.30. The number of nitrogens with one attached hydrogen (secondary N) is 1. The van der Waals surface area contributed by atoms with Crippen molar-refractivity contribution in [2.24, 2.45) is 0 Å². The van der Waals surface area contributed by atoms with E-state index in [-0.39, 0.29) is 0 Å². The molecule has 0 aliphatic rings. The van der Waals surface area contributed by atoms with Crippen molar-refractivity contribution in [3.05, 3.63) is 69.6 Å². The van der Waals surface area contributed by atoms with Gasteiger partial charge in [-0.05, 0) is 51.1 Å². The summed E-state index contributed by atoms with van der Waals surface area (Å²) in [6.07, 6.45) is 1.43. The van der Waals surface area contributed by atoms with Gasteiger partial charge in [0.1, 0.15) is 0 Å². The molecule has 126 valence electrons. The average Bonchev–Trinajstić information content (AvgIpc) is 2.48. The molecule has 0 aliphatic carbocycles. The van der Waals surface area contributed by atoms with Crippen LogP contribution in [0.1, 0.15) is 37.2 Å². The van der Waals surface area contributed by atoms with Gasteiger partial charge in [0.25, 0.3) is 11.5 Å². The third-order valence-electron chi connectivity index (χ3n) is 3.25. The molecule has 0 saturated heterocycles. The number of carbonyl (C=O) groups is 2. The van der Waals surface area contributed by atoms with Crippen LogP contribution in [0.3, 0.4) is 0 Å². The van der Waals surface area contributed by atoms with E-state index < -0.39 is 28.8 Å². The Morgan fingerprint density at radius 2 is 1.71 bits per heavy atom. The van der Waals surface area contributed by atoms with Crippen LogP contribution in [0.5, 0.6) is 0 Å². The van der Waals surface area contributed by atoms with Crippen LogP contribution in [0, 0.1) is 0 Å². The maximum absolute atomic E-state index is 12.9. The molecule has 2 rings (SSSR count). The van der Waals surface area contributed by atoms with Crippen molar-refractivity contribution in [2.75, 3.05) is 0 Å². The largest absolute Gasteiger partial charge is 0.349 e. The number of rotatable bonds is 4. The number of carbonyl (C=O) groups excluding carboxylic acids is 2. The zero-order chi connectivity index (χ0) is 17.9. The van der Waals surface area contributed by atoms with Gasteiger partial charge >= 0.3 is 0 Å². The molecule has 1 unspecified atom stereocenters. The van der Waals surface area contributed by atoms with Gasteiger partial charge in [0.05, 0.1) is 0 Å². The summed E-state index contributed by atoms with van der Waals surface area (Å²) in [5.41, 5.74) is -0.647. The van der Waals surface area contributed by atoms with Crippen LogP contribution in [0.2, 0.25) is 5.02 Å². The van der Waals surface area contributed by atoms with E-state index in [2.05, 4.69) is 5.32 Å². The van der Waals surface area contributed by atoms with Gasteiger partial charge in [-0.2, -0.15) is 0 Å². The number of Topliss-reactive ketones (excluding diaryl/α,β-unsaturated/α-hetero) is 1. The number of aromatic nitrogens is 1. The molecule has 1 heterocycles. The molecule has 1 amide bonds. The first-order valence-electron chi connectivity index (χ1n) is 7.48. The topological polar surface area (TPSA) is 68.2 Å². The lowest BCUT2D eigenvalue weighted by atomic mass is 10.0. The summed E-state index contributed by atoms with van der Waals surface area (Å²) in [5, 5.41) is 3.25. The van der Waals surface area contributed by atoms with E-state index in [0.717, 1.165) is 4.57 Å². The Labute approximate surface area is 145 Å². The molecule has 24 heavy (non-hydrogen) atoms. The number of amides is 1. The highest BCUT2D eigenvalue weighted by Gasteiger charge is 2.32. The minimum Gasteiger partial charge on any atom is -0.349 e. The number of pyridine rings is 1. The molecule has 0 radical (unpaired) electrons. The van der Waals surface area contributed by atoms with Crippen LogP contribution in [0.25, 0.3) is 0 Å². The molecule has 0 fully saturated rings. The lowest BCUT2D eigenvalue weighted by Crippen LogP contribution is -2.48. The molecule has 0 bridgehead atoms. The van der Waals surface area contributed by atoms with E-state index in [0.29, 0.717) is 10.6 Å². The number of benzene rings is 1. The Balaban J connectivity index is 2.48. The third-order valence-corrected chi connectivity index (χ3v) is 3.50. The van der Waals surface area contributed by atoms with Crippen molar-refractivity contribution >= 4 is 23.3 Å². The second-order valence-corrected chi connectivity index (χ2v) is 6.90.